The Morgan fingerprint density at radius 1 is 1.09 bits per heavy atom. The minimum Gasteiger partial charge on any atom is -0.662 e. The average Bonchev–Trinajstić information content (AvgIpc) is 2.86. The summed E-state index contributed by atoms with van der Waals surface area (Å²) in [6.45, 7) is 3.44. The molecule has 0 aromatic heterocycles. The topological polar surface area (TPSA) is 26.1 Å². The van der Waals surface area contributed by atoms with E-state index in [-0.39, 0.29) is 0 Å². The number of rotatable bonds is 3. The molecule has 0 radical (unpaired) electrons. The van der Waals surface area contributed by atoms with Crippen LogP contribution in [0, 0.1) is 5.92 Å². The number of nitrogens with one attached hydrogen (secondary N) is 1. The van der Waals surface area contributed by atoms with Gasteiger partial charge in [0, 0.05) is 6.04 Å². The van der Waals surface area contributed by atoms with E-state index >= 15 is 0 Å². The lowest BCUT2D eigenvalue weighted by Crippen LogP contribution is -2.34. The summed E-state index contributed by atoms with van der Waals surface area (Å²) in [7, 11) is 0. The zero-order chi connectivity index (χ0) is 7.52. The van der Waals surface area contributed by atoms with Gasteiger partial charge in [0.15, 0.2) is 0 Å². The highest BCUT2D eigenvalue weighted by Gasteiger charge is 2.21. The lowest BCUT2D eigenvalue weighted by molar-refractivity contribution is 0.440. The molecule has 0 spiro atoms. The summed E-state index contributed by atoms with van der Waals surface area (Å²) >= 11 is 0. The molecule has 0 unspecified atom stereocenters. The second-order valence-electron chi connectivity index (χ2n) is 3.80. The number of hydrogen-bond acceptors (Lipinski definition) is 1. The van der Waals surface area contributed by atoms with Crippen LogP contribution >= 0.6 is 0 Å². The van der Waals surface area contributed by atoms with E-state index in [0.29, 0.717) is 0 Å². The van der Waals surface area contributed by atoms with Crippen LogP contribution in [0.15, 0.2) is 0 Å². The van der Waals surface area contributed by atoms with Crippen molar-refractivity contribution in [3.63, 3.8) is 0 Å². The predicted octanol–water partition coefficient (Wildman–Crippen LogP) is 1.52. The van der Waals surface area contributed by atoms with Gasteiger partial charge in [0.25, 0.3) is 0 Å². The van der Waals surface area contributed by atoms with Gasteiger partial charge < -0.3 is 10.6 Å². The standard InChI is InChI=1S/C9H17N2/c1-2-8(1)7-11-9-3-5-10-6-4-9/h8-9,11H,1-7H2/q-1. The van der Waals surface area contributed by atoms with Crippen LogP contribution in [0.2, 0.25) is 0 Å². The minimum atomic E-state index is 0.785. The monoisotopic (exact) mass is 153 g/mol. The minimum absolute atomic E-state index is 0.785. The van der Waals surface area contributed by atoms with E-state index in [4.69, 9.17) is 0 Å². The molecular weight excluding hydrogens is 136 g/mol. The lowest BCUT2D eigenvalue weighted by Gasteiger charge is -2.32. The highest BCUT2D eigenvalue weighted by atomic mass is 15.0. The lowest BCUT2D eigenvalue weighted by atomic mass is 10.1. The first-order chi connectivity index (χ1) is 5.45. The van der Waals surface area contributed by atoms with Crippen molar-refractivity contribution in [3.05, 3.63) is 5.32 Å². The van der Waals surface area contributed by atoms with Gasteiger partial charge in [-0.25, -0.2) is 0 Å². The van der Waals surface area contributed by atoms with Crippen LogP contribution in [0.25, 0.3) is 5.32 Å². The van der Waals surface area contributed by atoms with Crippen molar-refractivity contribution < 1.29 is 0 Å². The van der Waals surface area contributed by atoms with Gasteiger partial charge in [-0.3, -0.25) is 0 Å². The molecule has 11 heavy (non-hydrogen) atoms. The molecule has 0 atom stereocenters. The van der Waals surface area contributed by atoms with Crippen molar-refractivity contribution in [2.45, 2.75) is 31.7 Å². The van der Waals surface area contributed by atoms with Gasteiger partial charge in [-0.15, -0.1) is 13.1 Å². The Balaban J connectivity index is 1.59. The maximum Gasteiger partial charge on any atom is 0.00344 e. The molecule has 0 amide bonds. The van der Waals surface area contributed by atoms with Gasteiger partial charge >= 0.3 is 0 Å². The predicted molar refractivity (Wildman–Crippen MR) is 46.8 cm³/mol. The third-order valence-electron chi connectivity index (χ3n) is 2.66. The van der Waals surface area contributed by atoms with E-state index in [9.17, 15) is 0 Å². The highest BCUT2D eigenvalue weighted by Crippen LogP contribution is 2.28. The second kappa shape index (κ2) is 3.55. The summed E-state index contributed by atoms with van der Waals surface area (Å²) in [5, 5.41) is 7.95. The van der Waals surface area contributed by atoms with Crippen LogP contribution in [-0.2, 0) is 0 Å². The summed E-state index contributed by atoms with van der Waals surface area (Å²) in [5.74, 6) is 1.02. The van der Waals surface area contributed by atoms with Gasteiger partial charge in [0.1, 0.15) is 0 Å². The summed E-state index contributed by atoms with van der Waals surface area (Å²) in [6.07, 6.45) is 5.47. The molecule has 1 aliphatic heterocycles. The van der Waals surface area contributed by atoms with Crippen molar-refractivity contribution in [3.8, 4) is 0 Å². The van der Waals surface area contributed by atoms with E-state index in [1.165, 1.54) is 32.2 Å². The molecule has 2 aliphatic rings. The van der Waals surface area contributed by atoms with Crippen LogP contribution in [-0.4, -0.2) is 25.7 Å². The SMILES string of the molecule is C1CC(NCC2CC2)CC[N-]1. The molecule has 1 aliphatic carbocycles. The molecule has 1 N–H and O–H groups in total. The van der Waals surface area contributed by atoms with Crippen molar-refractivity contribution in [2.24, 2.45) is 5.92 Å². The fraction of sp³-hybridized carbons (Fsp3) is 1.00. The Kier molecular flexibility index (Phi) is 2.44. The molecule has 0 aromatic rings. The smallest absolute Gasteiger partial charge is 0.00344 e. The number of piperidine rings is 1. The van der Waals surface area contributed by atoms with Crippen LogP contribution in [0.5, 0.6) is 0 Å². The summed E-state index contributed by atoms with van der Waals surface area (Å²) in [5.41, 5.74) is 0. The first-order valence-corrected chi connectivity index (χ1v) is 4.82. The quantitative estimate of drug-likeness (QED) is 0.653. The molecule has 2 rings (SSSR count). The van der Waals surface area contributed by atoms with E-state index in [0.717, 1.165) is 25.0 Å². The largest absolute Gasteiger partial charge is 0.662 e. The summed E-state index contributed by atoms with van der Waals surface area (Å²) in [4.78, 5) is 0. The van der Waals surface area contributed by atoms with Crippen molar-refractivity contribution in [1.29, 1.82) is 0 Å². The van der Waals surface area contributed by atoms with E-state index < -0.39 is 0 Å². The Hall–Kier alpha value is -0.0800. The third-order valence-corrected chi connectivity index (χ3v) is 2.66. The fourth-order valence-electron chi connectivity index (χ4n) is 1.61. The van der Waals surface area contributed by atoms with Gasteiger partial charge in [-0.1, -0.05) is 12.8 Å². The molecule has 1 heterocycles. The zero-order valence-electron chi connectivity index (χ0n) is 7.05. The molecule has 0 aromatic carbocycles. The maximum atomic E-state index is 4.33. The van der Waals surface area contributed by atoms with Gasteiger partial charge in [-0.2, -0.15) is 0 Å². The van der Waals surface area contributed by atoms with E-state index in [1.807, 2.05) is 0 Å². The molecule has 0 bridgehead atoms. The van der Waals surface area contributed by atoms with Crippen molar-refractivity contribution in [1.82, 2.24) is 5.32 Å². The number of hydrogen-bond donors (Lipinski definition) is 1. The van der Waals surface area contributed by atoms with Crippen LogP contribution in [0.1, 0.15) is 25.7 Å². The summed E-state index contributed by atoms with van der Waals surface area (Å²) < 4.78 is 0. The van der Waals surface area contributed by atoms with Gasteiger partial charge in [0.05, 0.1) is 0 Å². The van der Waals surface area contributed by atoms with Crippen molar-refractivity contribution >= 4 is 0 Å². The zero-order valence-corrected chi connectivity index (χ0v) is 7.05. The number of nitrogens with zero attached hydrogens (tertiary/aromatic N) is 1. The van der Waals surface area contributed by atoms with E-state index in [2.05, 4.69) is 10.6 Å². The Morgan fingerprint density at radius 2 is 1.82 bits per heavy atom. The third kappa shape index (κ3) is 2.46. The van der Waals surface area contributed by atoms with Gasteiger partial charge in [0.2, 0.25) is 0 Å². The first kappa shape index (κ1) is 7.56. The normalized spacial score (nSPS) is 27.3. The fourth-order valence-corrected chi connectivity index (χ4v) is 1.61. The molecule has 1 saturated carbocycles. The average molecular weight is 153 g/mol. The van der Waals surface area contributed by atoms with Crippen LogP contribution in [0.4, 0.5) is 0 Å². The molecule has 2 heteroatoms. The van der Waals surface area contributed by atoms with Crippen LogP contribution in [0.3, 0.4) is 0 Å². The molecule has 2 nitrogen and oxygen atoms in total. The molecular formula is C9H17N2-. The van der Waals surface area contributed by atoms with Crippen molar-refractivity contribution in [2.75, 3.05) is 19.6 Å². The van der Waals surface area contributed by atoms with Gasteiger partial charge in [-0.05, 0) is 25.3 Å². The molecule has 2 fully saturated rings. The highest BCUT2D eigenvalue weighted by molar-refractivity contribution is 4.91. The van der Waals surface area contributed by atoms with Crippen LogP contribution < -0.4 is 5.32 Å². The summed E-state index contributed by atoms with van der Waals surface area (Å²) in [6, 6.07) is 0.785. The Bertz CT molecular complexity index is 115. The maximum absolute atomic E-state index is 4.33. The van der Waals surface area contributed by atoms with E-state index in [1.54, 1.807) is 0 Å². The Morgan fingerprint density at radius 3 is 2.45 bits per heavy atom. The first-order valence-electron chi connectivity index (χ1n) is 4.82. The second-order valence-corrected chi connectivity index (χ2v) is 3.80. The molecule has 1 saturated heterocycles. The molecule has 64 valence electrons. The Labute approximate surface area is 68.7 Å².